The summed E-state index contributed by atoms with van der Waals surface area (Å²) in [7, 11) is 4.05. The number of hydrogen-bond acceptors (Lipinski definition) is 2. The quantitative estimate of drug-likeness (QED) is 0.675. The van der Waals surface area contributed by atoms with Crippen LogP contribution in [-0.4, -0.2) is 36.6 Å². The largest absolute Gasteiger partial charge is 0.481 e. The van der Waals surface area contributed by atoms with Gasteiger partial charge in [-0.15, -0.1) is 0 Å². The molecule has 1 saturated carbocycles. The summed E-state index contributed by atoms with van der Waals surface area (Å²) in [6.07, 6.45) is 3.60. The summed E-state index contributed by atoms with van der Waals surface area (Å²) in [5, 5.41) is 8.64. The van der Waals surface area contributed by atoms with Crippen LogP contribution in [-0.2, 0) is 4.79 Å². The Morgan fingerprint density at radius 3 is 2.42 bits per heavy atom. The molecule has 12 heavy (non-hydrogen) atoms. The lowest BCUT2D eigenvalue weighted by atomic mass is 9.98. The van der Waals surface area contributed by atoms with Crippen LogP contribution < -0.4 is 0 Å². The molecule has 0 atom stereocenters. The molecule has 0 spiro atoms. The van der Waals surface area contributed by atoms with Crippen molar-refractivity contribution in [2.45, 2.75) is 25.7 Å². The Bertz CT molecular complexity index is 173. The molecule has 0 bridgehead atoms. The minimum atomic E-state index is -0.647. The molecule has 0 amide bonds. The van der Waals surface area contributed by atoms with E-state index in [4.69, 9.17) is 5.11 Å². The van der Waals surface area contributed by atoms with Gasteiger partial charge in [0.1, 0.15) is 0 Å². The maximum absolute atomic E-state index is 10.5. The first kappa shape index (κ1) is 9.52. The van der Waals surface area contributed by atoms with Gasteiger partial charge in [0.2, 0.25) is 0 Å². The van der Waals surface area contributed by atoms with Gasteiger partial charge in [0.05, 0.1) is 6.42 Å². The monoisotopic (exact) mass is 171 g/mol. The summed E-state index contributed by atoms with van der Waals surface area (Å²) >= 11 is 0. The molecular weight excluding hydrogens is 154 g/mol. The van der Waals surface area contributed by atoms with Gasteiger partial charge in [-0.1, -0.05) is 0 Å². The average molecular weight is 171 g/mol. The molecule has 0 aromatic rings. The van der Waals surface area contributed by atoms with Crippen LogP contribution in [0.25, 0.3) is 0 Å². The van der Waals surface area contributed by atoms with Crippen molar-refractivity contribution >= 4 is 5.97 Å². The van der Waals surface area contributed by atoms with Gasteiger partial charge in [-0.2, -0.15) is 0 Å². The fourth-order valence-electron chi connectivity index (χ4n) is 1.47. The molecule has 1 aliphatic rings. The van der Waals surface area contributed by atoms with Crippen molar-refractivity contribution in [1.29, 1.82) is 0 Å². The normalized spacial score (nSPS) is 19.6. The van der Waals surface area contributed by atoms with Crippen LogP contribution in [0.15, 0.2) is 0 Å². The van der Waals surface area contributed by atoms with Crippen LogP contribution in [0.5, 0.6) is 0 Å². The van der Waals surface area contributed by atoms with Crippen molar-refractivity contribution in [1.82, 2.24) is 4.90 Å². The Hall–Kier alpha value is -0.570. The first-order chi connectivity index (χ1) is 5.54. The summed E-state index contributed by atoms with van der Waals surface area (Å²) in [6.45, 7) is 1.01. The van der Waals surface area contributed by atoms with Crippen LogP contribution in [0.2, 0.25) is 0 Å². The van der Waals surface area contributed by atoms with Crippen LogP contribution >= 0.6 is 0 Å². The third-order valence-electron chi connectivity index (χ3n) is 2.57. The molecule has 1 fully saturated rings. The first-order valence-corrected chi connectivity index (χ1v) is 4.41. The summed E-state index contributed by atoms with van der Waals surface area (Å²) in [6, 6.07) is 0. The molecule has 0 saturated heterocycles. The molecule has 0 radical (unpaired) electrons. The summed E-state index contributed by atoms with van der Waals surface area (Å²) in [5.41, 5.74) is 0.163. The van der Waals surface area contributed by atoms with E-state index in [9.17, 15) is 4.79 Å². The third-order valence-corrected chi connectivity index (χ3v) is 2.57. The predicted molar refractivity (Wildman–Crippen MR) is 47.1 cm³/mol. The number of rotatable bonds is 5. The van der Waals surface area contributed by atoms with E-state index in [1.54, 1.807) is 0 Å². The lowest BCUT2D eigenvalue weighted by molar-refractivity contribution is -0.138. The van der Waals surface area contributed by atoms with Gasteiger partial charge >= 0.3 is 5.97 Å². The second-order valence-electron chi connectivity index (χ2n) is 4.12. The second kappa shape index (κ2) is 3.44. The fraction of sp³-hybridized carbons (Fsp3) is 0.889. The van der Waals surface area contributed by atoms with Crippen molar-refractivity contribution in [2.24, 2.45) is 5.41 Å². The fourth-order valence-corrected chi connectivity index (χ4v) is 1.47. The Balaban J connectivity index is 2.25. The number of nitrogens with zero attached hydrogens (tertiary/aromatic N) is 1. The lowest BCUT2D eigenvalue weighted by Gasteiger charge is -2.15. The highest BCUT2D eigenvalue weighted by Crippen LogP contribution is 2.51. The van der Waals surface area contributed by atoms with E-state index in [0.29, 0.717) is 6.42 Å². The number of carbonyl (C=O) groups is 1. The summed E-state index contributed by atoms with van der Waals surface area (Å²) in [4.78, 5) is 12.6. The van der Waals surface area contributed by atoms with Crippen molar-refractivity contribution in [3.63, 3.8) is 0 Å². The highest BCUT2D eigenvalue weighted by atomic mass is 16.4. The van der Waals surface area contributed by atoms with Gasteiger partial charge in [0.15, 0.2) is 0 Å². The standard InChI is InChI=1S/C9H17NO2/c1-10(2)6-5-9(3-4-9)7-8(11)12/h3-7H2,1-2H3,(H,11,12). The molecule has 0 unspecified atom stereocenters. The minimum absolute atomic E-state index is 0.163. The maximum atomic E-state index is 10.5. The van der Waals surface area contributed by atoms with E-state index >= 15 is 0 Å². The SMILES string of the molecule is CN(C)CCC1(CC(=O)O)CC1. The van der Waals surface area contributed by atoms with Crippen LogP contribution in [0.1, 0.15) is 25.7 Å². The molecule has 1 aliphatic carbocycles. The molecule has 0 aromatic carbocycles. The first-order valence-electron chi connectivity index (χ1n) is 4.41. The van der Waals surface area contributed by atoms with Crippen LogP contribution in [0.4, 0.5) is 0 Å². The van der Waals surface area contributed by atoms with Gasteiger partial charge in [-0.05, 0) is 45.3 Å². The molecule has 1 N–H and O–H groups in total. The maximum Gasteiger partial charge on any atom is 0.303 e. The molecule has 0 aromatic heterocycles. The molecular formula is C9H17NO2. The topological polar surface area (TPSA) is 40.5 Å². The summed E-state index contributed by atoms with van der Waals surface area (Å²) < 4.78 is 0. The number of carboxylic acids is 1. The smallest absolute Gasteiger partial charge is 0.303 e. The van der Waals surface area contributed by atoms with E-state index in [0.717, 1.165) is 25.8 Å². The summed E-state index contributed by atoms with van der Waals surface area (Å²) in [5.74, 6) is -0.647. The Morgan fingerprint density at radius 1 is 1.50 bits per heavy atom. The van der Waals surface area contributed by atoms with Crippen LogP contribution in [0.3, 0.4) is 0 Å². The Labute approximate surface area is 73.4 Å². The van der Waals surface area contributed by atoms with Gasteiger partial charge in [0, 0.05) is 0 Å². The number of hydrogen-bond donors (Lipinski definition) is 1. The van der Waals surface area contributed by atoms with E-state index in [1.807, 2.05) is 14.1 Å². The van der Waals surface area contributed by atoms with E-state index < -0.39 is 5.97 Å². The number of aliphatic carboxylic acids is 1. The second-order valence-corrected chi connectivity index (χ2v) is 4.12. The zero-order valence-corrected chi connectivity index (χ0v) is 7.84. The molecule has 0 heterocycles. The molecule has 0 aliphatic heterocycles. The zero-order valence-electron chi connectivity index (χ0n) is 7.84. The minimum Gasteiger partial charge on any atom is -0.481 e. The zero-order chi connectivity index (χ0) is 9.19. The average Bonchev–Trinajstić information content (AvgIpc) is 2.64. The predicted octanol–water partition coefficient (Wildman–Crippen LogP) is 1.19. The molecule has 3 heteroatoms. The Kier molecular flexibility index (Phi) is 2.73. The molecule has 1 rings (SSSR count). The van der Waals surface area contributed by atoms with E-state index in [-0.39, 0.29) is 5.41 Å². The highest BCUT2D eigenvalue weighted by Gasteiger charge is 2.43. The van der Waals surface area contributed by atoms with E-state index in [1.165, 1.54) is 0 Å². The van der Waals surface area contributed by atoms with Gasteiger partial charge in [-0.3, -0.25) is 4.79 Å². The lowest BCUT2D eigenvalue weighted by Crippen LogP contribution is -2.19. The molecule has 3 nitrogen and oxygen atoms in total. The molecule has 70 valence electrons. The van der Waals surface area contributed by atoms with Crippen molar-refractivity contribution in [3.05, 3.63) is 0 Å². The van der Waals surface area contributed by atoms with Crippen molar-refractivity contribution in [2.75, 3.05) is 20.6 Å². The van der Waals surface area contributed by atoms with Gasteiger partial charge in [0.25, 0.3) is 0 Å². The Morgan fingerprint density at radius 2 is 2.08 bits per heavy atom. The van der Waals surface area contributed by atoms with Crippen molar-refractivity contribution < 1.29 is 9.90 Å². The highest BCUT2D eigenvalue weighted by molar-refractivity contribution is 5.68. The van der Waals surface area contributed by atoms with Crippen molar-refractivity contribution in [3.8, 4) is 0 Å². The number of carboxylic acid groups (broad SMARTS) is 1. The van der Waals surface area contributed by atoms with E-state index in [2.05, 4.69) is 4.90 Å². The van der Waals surface area contributed by atoms with Crippen LogP contribution in [0, 0.1) is 5.41 Å². The third kappa shape index (κ3) is 2.81. The van der Waals surface area contributed by atoms with Gasteiger partial charge < -0.3 is 10.0 Å². The van der Waals surface area contributed by atoms with Gasteiger partial charge in [-0.25, -0.2) is 0 Å².